The maximum absolute atomic E-state index is 12.9. The molecule has 0 saturated carbocycles. The average molecular weight is 460 g/mol. The number of carbonyl (C=O) groups excluding carboxylic acids is 1. The summed E-state index contributed by atoms with van der Waals surface area (Å²) in [6.07, 6.45) is 0.904. The number of anilines is 1. The predicted molar refractivity (Wildman–Crippen MR) is 136 cm³/mol. The number of aryl methyl sites for hydroxylation is 1. The summed E-state index contributed by atoms with van der Waals surface area (Å²) in [4.78, 5) is 15.3. The molecule has 0 spiro atoms. The lowest BCUT2D eigenvalue weighted by molar-refractivity contribution is 0.144. The van der Waals surface area contributed by atoms with Crippen LogP contribution in [0, 0.1) is 6.92 Å². The van der Waals surface area contributed by atoms with Crippen LogP contribution in [0.15, 0.2) is 66.7 Å². The molecule has 0 unspecified atom stereocenters. The quantitative estimate of drug-likeness (QED) is 0.502. The van der Waals surface area contributed by atoms with E-state index in [2.05, 4.69) is 58.9 Å². The van der Waals surface area contributed by atoms with E-state index in [1.807, 2.05) is 37.3 Å². The monoisotopic (exact) mass is 459 g/mol. The molecule has 2 N–H and O–H groups in total. The molecule has 1 aliphatic heterocycles. The molecule has 34 heavy (non-hydrogen) atoms. The van der Waals surface area contributed by atoms with Crippen LogP contribution < -0.4 is 20.1 Å². The Labute approximate surface area is 201 Å². The third kappa shape index (κ3) is 5.34. The van der Waals surface area contributed by atoms with Crippen LogP contribution in [0.5, 0.6) is 11.5 Å². The normalized spacial score (nSPS) is 16.3. The van der Waals surface area contributed by atoms with Gasteiger partial charge in [-0.05, 0) is 61.2 Å². The highest BCUT2D eigenvalue weighted by Crippen LogP contribution is 2.40. The molecule has 0 radical (unpaired) electrons. The first-order chi connectivity index (χ1) is 16.5. The Morgan fingerprint density at radius 2 is 1.71 bits per heavy atom. The fourth-order valence-corrected chi connectivity index (χ4v) is 4.70. The van der Waals surface area contributed by atoms with Gasteiger partial charge < -0.3 is 20.1 Å². The maximum Gasteiger partial charge on any atom is 0.319 e. The van der Waals surface area contributed by atoms with E-state index in [1.54, 1.807) is 14.2 Å². The van der Waals surface area contributed by atoms with Crippen molar-refractivity contribution >= 4 is 11.7 Å². The van der Waals surface area contributed by atoms with Gasteiger partial charge in [0, 0.05) is 24.8 Å². The molecule has 6 nitrogen and oxygen atoms in total. The van der Waals surface area contributed by atoms with Crippen molar-refractivity contribution in [3.63, 3.8) is 0 Å². The summed E-state index contributed by atoms with van der Waals surface area (Å²) in [7, 11) is 3.31. The van der Waals surface area contributed by atoms with Gasteiger partial charge in [-0.3, -0.25) is 4.90 Å². The Morgan fingerprint density at radius 3 is 2.38 bits per heavy atom. The molecule has 0 aliphatic carbocycles. The molecule has 0 bridgehead atoms. The lowest BCUT2D eigenvalue weighted by atomic mass is 9.87. The second-order valence-electron chi connectivity index (χ2n) is 8.81. The molecule has 0 aromatic heterocycles. The van der Waals surface area contributed by atoms with E-state index >= 15 is 0 Å². The lowest BCUT2D eigenvalue weighted by Crippen LogP contribution is -2.48. The highest BCUT2D eigenvalue weighted by molar-refractivity contribution is 5.89. The first-order valence-electron chi connectivity index (χ1n) is 11.7. The van der Waals surface area contributed by atoms with Gasteiger partial charge in [-0.1, -0.05) is 48.0 Å². The molecule has 4 rings (SSSR count). The summed E-state index contributed by atoms with van der Waals surface area (Å²) in [6.45, 7) is 5.76. The molecule has 1 heterocycles. The molecule has 2 amide bonds. The van der Waals surface area contributed by atoms with Gasteiger partial charge in [0.1, 0.15) is 0 Å². The molecular weight excluding hydrogens is 426 g/mol. The van der Waals surface area contributed by atoms with Gasteiger partial charge in [-0.25, -0.2) is 4.79 Å². The predicted octanol–water partition coefficient (Wildman–Crippen LogP) is 5.32. The molecule has 2 atom stereocenters. The standard InChI is InChI=1S/C28H33N3O3/c1-19-10-12-23(13-11-19)30-28(32)29-20(2)27-24-17-26(34-4)25(33-3)16-22(24)14-15-31(27)18-21-8-6-5-7-9-21/h5-13,16-17,20,27H,14-15,18H2,1-4H3,(H2,29,30,32)/t20-,27+/m0/s1. The second-order valence-corrected chi connectivity index (χ2v) is 8.81. The molecule has 3 aromatic rings. The number of ether oxygens (including phenoxy) is 2. The number of amides is 2. The number of hydrogen-bond acceptors (Lipinski definition) is 4. The van der Waals surface area contributed by atoms with E-state index in [0.717, 1.165) is 42.1 Å². The first-order valence-corrected chi connectivity index (χ1v) is 11.7. The van der Waals surface area contributed by atoms with Gasteiger partial charge in [0.2, 0.25) is 0 Å². The highest BCUT2D eigenvalue weighted by Gasteiger charge is 2.33. The van der Waals surface area contributed by atoms with Crippen LogP contribution in [0.4, 0.5) is 10.5 Å². The van der Waals surface area contributed by atoms with Crippen LogP contribution in [-0.2, 0) is 13.0 Å². The summed E-state index contributed by atoms with van der Waals surface area (Å²) in [5.74, 6) is 1.43. The first kappa shape index (κ1) is 23.6. The number of urea groups is 1. The van der Waals surface area contributed by atoms with Crippen LogP contribution in [0.2, 0.25) is 0 Å². The highest BCUT2D eigenvalue weighted by atomic mass is 16.5. The molecule has 0 saturated heterocycles. The van der Waals surface area contributed by atoms with Gasteiger partial charge in [-0.2, -0.15) is 0 Å². The van der Waals surface area contributed by atoms with Gasteiger partial charge in [0.25, 0.3) is 0 Å². The fourth-order valence-electron chi connectivity index (χ4n) is 4.70. The van der Waals surface area contributed by atoms with Crippen molar-refractivity contribution in [1.82, 2.24) is 10.2 Å². The minimum atomic E-state index is -0.219. The Bertz CT molecular complexity index is 1120. The van der Waals surface area contributed by atoms with E-state index in [1.165, 1.54) is 11.1 Å². The van der Waals surface area contributed by atoms with Crippen molar-refractivity contribution in [2.24, 2.45) is 0 Å². The minimum Gasteiger partial charge on any atom is -0.493 e. The van der Waals surface area contributed by atoms with Gasteiger partial charge in [0.05, 0.1) is 20.3 Å². The van der Waals surface area contributed by atoms with Crippen molar-refractivity contribution < 1.29 is 14.3 Å². The minimum absolute atomic E-state index is 0.0208. The van der Waals surface area contributed by atoms with Crippen LogP contribution in [-0.4, -0.2) is 37.7 Å². The summed E-state index contributed by atoms with van der Waals surface area (Å²) >= 11 is 0. The number of fused-ring (bicyclic) bond motifs is 1. The van der Waals surface area contributed by atoms with E-state index in [-0.39, 0.29) is 18.1 Å². The molecule has 0 fully saturated rings. The smallest absolute Gasteiger partial charge is 0.319 e. The molecular formula is C28H33N3O3. The molecule has 1 aliphatic rings. The summed E-state index contributed by atoms with van der Waals surface area (Å²) in [5, 5.41) is 6.13. The Balaban J connectivity index is 1.61. The number of methoxy groups -OCH3 is 2. The van der Waals surface area contributed by atoms with Crippen molar-refractivity contribution in [3.05, 3.63) is 89.0 Å². The summed E-state index contributed by atoms with van der Waals surface area (Å²) < 4.78 is 11.2. The number of carbonyl (C=O) groups is 1. The van der Waals surface area contributed by atoms with Gasteiger partial charge in [0.15, 0.2) is 11.5 Å². The third-order valence-electron chi connectivity index (χ3n) is 6.40. The van der Waals surface area contributed by atoms with Crippen molar-refractivity contribution in [2.75, 3.05) is 26.1 Å². The third-order valence-corrected chi connectivity index (χ3v) is 6.40. The van der Waals surface area contributed by atoms with E-state index in [0.29, 0.717) is 5.75 Å². The van der Waals surface area contributed by atoms with Gasteiger partial charge >= 0.3 is 6.03 Å². The fraction of sp³-hybridized carbons (Fsp3) is 0.321. The Morgan fingerprint density at radius 1 is 1.03 bits per heavy atom. The number of benzene rings is 3. The molecule has 3 aromatic carbocycles. The maximum atomic E-state index is 12.9. The average Bonchev–Trinajstić information content (AvgIpc) is 2.84. The van der Waals surface area contributed by atoms with E-state index in [9.17, 15) is 4.79 Å². The zero-order chi connectivity index (χ0) is 24.1. The SMILES string of the molecule is COc1cc2c(cc1OC)[C@@H]([C@H](C)NC(=O)Nc1ccc(C)cc1)N(Cc1ccccc1)CC2. The Hall–Kier alpha value is -3.51. The topological polar surface area (TPSA) is 62.8 Å². The van der Waals surface area contributed by atoms with E-state index < -0.39 is 0 Å². The van der Waals surface area contributed by atoms with Crippen LogP contribution in [0.25, 0.3) is 0 Å². The Kier molecular flexibility index (Phi) is 7.38. The number of nitrogens with zero attached hydrogens (tertiary/aromatic N) is 1. The number of rotatable bonds is 7. The molecule has 6 heteroatoms. The van der Waals surface area contributed by atoms with Crippen LogP contribution in [0.3, 0.4) is 0 Å². The van der Waals surface area contributed by atoms with Crippen LogP contribution >= 0.6 is 0 Å². The lowest BCUT2D eigenvalue weighted by Gasteiger charge is -2.41. The number of hydrogen-bond donors (Lipinski definition) is 2. The van der Waals surface area contributed by atoms with Crippen LogP contribution in [0.1, 0.15) is 35.2 Å². The van der Waals surface area contributed by atoms with Crippen molar-refractivity contribution in [1.29, 1.82) is 0 Å². The zero-order valence-corrected chi connectivity index (χ0v) is 20.3. The largest absolute Gasteiger partial charge is 0.493 e. The van der Waals surface area contributed by atoms with Crippen molar-refractivity contribution in [3.8, 4) is 11.5 Å². The zero-order valence-electron chi connectivity index (χ0n) is 20.3. The summed E-state index contributed by atoms with van der Waals surface area (Å²) in [6, 6.07) is 22.0. The van der Waals surface area contributed by atoms with E-state index in [4.69, 9.17) is 9.47 Å². The number of nitrogens with one attached hydrogen (secondary N) is 2. The van der Waals surface area contributed by atoms with Crippen molar-refractivity contribution in [2.45, 2.75) is 38.9 Å². The second kappa shape index (κ2) is 10.6. The summed E-state index contributed by atoms with van der Waals surface area (Å²) in [5.41, 5.74) is 5.54. The molecule has 178 valence electrons. The van der Waals surface area contributed by atoms with Gasteiger partial charge in [-0.15, -0.1) is 0 Å².